The van der Waals surface area contributed by atoms with Crippen molar-refractivity contribution in [2.24, 2.45) is 0 Å². The van der Waals surface area contributed by atoms with Crippen LogP contribution in [-0.4, -0.2) is 39.5 Å². The molecule has 1 aliphatic heterocycles. The Bertz CT molecular complexity index is 1640. The second kappa shape index (κ2) is 12.9. The summed E-state index contributed by atoms with van der Waals surface area (Å²) in [6, 6.07) is 32.1. The molecule has 0 bridgehead atoms. The van der Waals surface area contributed by atoms with Crippen molar-refractivity contribution in [1.29, 1.82) is 5.26 Å². The molecular formula is C33H31N5O4. The zero-order chi connectivity index (χ0) is 28.7. The lowest BCUT2D eigenvalue weighted by Gasteiger charge is -2.25. The molecular weight excluding hydrogens is 530 g/mol. The van der Waals surface area contributed by atoms with Crippen molar-refractivity contribution in [3.63, 3.8) is 0 Å². The van der Waals surface area contributed by atoms with Gasteiger partial charge in [0.15, 0.2) is 6.23 Å². The van der Waals surface area contributed by atoms with Crippen LogP contribution in [0.5, 0.6) is 0 Å². The van der Waals surface area contributed by atoms with E-state index in [0.717, 1.165) is 16.7 Å². The Hall–Kier alpha value is -4.59. The summed E-state index contributed by atoms with van der Waals surface area (Å²) >= 11 is 0. The number of hydrogen-bond donors (Lipinski definition) is 1. The molecule has 3 heterocycles. The van der Waals surface area contributed by atoms with E-state index in [1.54, 1.807) is 10.8 Å². The third-order valence-corrected chi connectivity index (χ3v) is 7.28. The van der Waals surface area contributed by atoms with Gasteiger partial charge in [-0.15, -0.1) is 0 Å². The number of anilines is 1. The Morgan fingerprint density at radius 3 is 1.95 bits per heavy atom. The maximum atomic E-state index is 9.88. The predicted molar refractivity (Wildman–Crippen MR) is 157 cm³/mol. The first kappa shape index (κ1) is 27.6. The number of nitrogens with zero attached hydrogens (tertiary/aromatic N) is 4. The van der Waals surface area contributed by atoms with Gasteiger partial charge in [-0.2, -0.15) is 5.26 Å². The zero-order valence-electron chi connectivity index (χ0n) is 23.0. The van der Waals surface area contributed by atoms with Crippen LogP contribution < -0.4 is 5.73 Å². The molecule has 3 aromatic carbocycles. The van der Waals surface area contributed by atoms with Crippen LogP contribution in [0.25, 0.3) is 11.0 Å². The molecule has 0 spiro atoms. The highest BCUT2D eigenvalue weighted by molar-refractivity contribution is 5.92. The first-order valence-corrected chi connectivity index (χ1v) is 13.8. The fourth-order valence-electron chi connectivity index (χ4n) is 5.23. The molecule has 42 heavy (non-hydrogen) atoms. The molecule has 0 saturated carbocycles. The van der Waals surface area contributed by atoms with Gasteiger partial charge in [-0.3, -0.25) is 0 Å². The smallest absolute Gasteiger partial charge is 0.164 e. The lowest BCUT2D eigenvalue weighted by atomic mass is 10.1. The van der Waals surface area contributed by atoms with Gasteiger partial charge in [0.25, 0.3) is 0 Å². The van der Waals surface area contributed by atoms with Crippen LogP contribution >= 0.6 is 0 Å². The van der Waals surface area contributed by atoms with Crippen molar-refractivity contribution < 1.29 is 18.9 Å². The molecule has 2 aromatic heterocycles. The van der Waals surface area contributed by atoms with Gasteiger partial charge < -0.3 is 29.2 Å². The summed E-state index contributed by atoms with van der Waals surface area (Å²) < 4.78 is 27.8. The fraction of sp³-hybridized carbons (Fsp3) is 0.242. The monoisotopic (exact) mass is 561 g/mol. The van der Waals surface area contributed by atoms with Crippen LogP contribution in [0.2, 0.25) is 0 Å². The predicted octanol–water partition coefficient (Wildman–Crippen LogP) is 5.17. The highest BCUT2D eigenvalue weighted by atomic mass is 16.6. The molecule has 1 saturated heterocycles. The van der Waals surface area contributed by atoms with E-state index in [0.29, 0.717) is 36.4 Å². The average molecular weight is 562 g/mol. The van der Waals surface area contributed by atoms with Crippen LogP contribution in [0, 0.1) is 11.3 Å². The normalized spacial score (nSPS) is 20.1. The Kier molecular flexibility index (Phi) is 8.49. The lowest BCUT2D eigenvalue weighted by molar-refractivity contribution is -0.0913. The van der Waals surface area contributed by atoms with Crippen molar-refractivity contribution in [3.8, 4) is 6.07 Å². The summed E-state index contributed by atoms with van der Waals surface area (Å²) in [4.78, 5) is 8.57. The number of nitriles is 1. The number of hydrogen-bond acceptors (Lipinski definition) is 8. The van der Waals surface area contributed by atoms with Crippen molar-refractivity contribution in [2.45, 2.75) is 44.4 Å². The molecule has 6 rings (SSSR count). The van der Waals surface area contributed by atoms with Gasteiger partial charge in [0.1, 0.15) is 42.2 Å². The molecule has 1 aliphatic rings. The van der Waals surface area contributed by atoms with Crippen molar-refractivity contribution in [3.05, 3.63) is 126 Å². The van der Waals surface area contributed by atoms with Gasteiger partial charge in [0.2, 0.25) is 0 Å². The maximum Gasteiger partial charge on any atom is 0.164 e. The zero-order valence-corrected chi connectivity index (χ0v) is 23.0. The molecule has 9 heteroatoms. The van der Waals surface area contributed by atoms with Gasteiger partial charge in [0, 0.05) is 6.20 Å². The Balaban J connectivity index is 1.34. The minimum Gasteiger partial charge on any atom is -0.383 e. The van der Waals surface area contributed by atoms with Crippen LogP contribution in [0.15, 0.2) is 104 Å². The topological polar surface area (TPSA) is 117 Å². The second-order valence-electron chi connectivity index (χ2n) is 10.1. The third kappa shape index (κ3) is 6.03. The van der Waals surface area contributed by atoms with E-state index in [9.17, 15) is 5.26 Å². The summed E-state index contributed by atoms with van der Waals surface area (Å²) in [5.74, 6) is 0.231. The maximum absolute atomic E-state index is 9.88. The number of nitrogen functional groups attached to an aromatic ring is 1. The van der Waals surface area contributed by atoms with Gasteiger partial charge >= 0.3 is 0 Å². The summed E-state index contributed by atoms with van der Waals surface area (Å²) in [5, 5.41) is 10.4. The van der Waals surface area contributed by atoms with E-state index >= 15 is 0 Å². The van der Waals surface area contributed by atoms with E-state index in [2.05, 4.69) is 16.0 Å². The second-order valence-corrected chi connectivity index (χ2v) is 10.1. The Morgan fingerprint density at radius 1 is 0.786 bits per heavy atom. The van der Waals surface area contributed by atoms with E-state index in [1.165, 1.54) is 6.33 Å². The van der Waals surface area contributed by atoms with E-state index in [-0.39, 0.29) is 12.4 Å². The molecule has 212 valence electrons. The van der Waals surface area contributed by atoms with Gasteiger partial charge in [-0.05, 0) is 16.7 Å². The molecule has 9 nitrogen and oxygen atoms in total. The number of fused-ring (bicyclic) bond motifs is 1. The van der Waals surface area contributed by atoms with Crippen LogP contribution in [-0.2, 0) is 38.8 Å². The SMILES string of the molecule is N#Cc1cn([C@H]2O[C@H](COCc3ccccc3)[C@H](OCc3ccccc3)[C@H]2OCc2ccccc2)c2ncnc(N)c12. The summed E-state index contributed by atoms with van der Waals surface area (Å²) in [5.41, 5.74) is 10.1. The number of rotatable bonds is 11. The quantitative estimate of drug-likeness (QED) is 0.235. The van der Waals surface area contributed by atoms with Gasteiger partial charge in [-0.1, -0.05) is 91.0 Å². The Labute approximate surface area is 244 Å². The van der Waals surface area contributed by atoms with Crippen LogP contribution in [0.3, 0.4) is 0 Å². The van der Waals surface area contributed by atoms with E-state index in [4.69, 9.17) is 24.7 Å². The summed E-state index contributed by atoms with van der Waals surface area (Å²) in [7, 11) is 0. The Morgan fingerprint density at radius 2 is 1.36 bits per heavy atom. The first-order chi connectivity index (χ1) is 20.7. The molecule has 0 amide bonds. The number of ether oxygens (including phenoxy) is 4. The molecule has 1 fully saturated rings. The van der Waals surface area contributed by atoms with E-state index in [1.807, 2.05) is 91.0 Å². The number of nitrogens with two attached hydrogens (primary N) is 1. The van der Waals surface area contributed by atoms with Gasteiger partial charge in [0.05, 0.1) is 37.4 Å². The van der Waals surface area contributed by atoms with Crippen molar-refractivity contribution >= 4 is 16.9 Å². The summed E-state index contributed by atoms with van der Waals surface area (Å²) in [6.07, 6.45) is 0.896. The first-order valence-electron chi connectivity index (χ1n) is 13.8. The van der Waals surface area contributed by atoms with Crippen LogP contribution in [0.4, 0.5) is 5.82 Å². The van der Waals surface area contributed by atoms with Crippen LogP contribution in [0.1, 0.15) is 28.5 Å². The van der Waals surface area contributed by atoms with Gasteiger partial charge in [-0.25, -0.2) is 9.97 Å². The van der Waals surface area contributed by atoms with Crippen molar-refractivity contribution in [2.75, 3.05) is 12.3 Å². The fourth-order valence-corrected chi connectivity index (χ4v) is 5.23. The standard InChI is InChI=1S/C33H31N5O4/c34-16-26-17-38(32-28(26)31(35)36-22-37-32)33-30(41-20-25-14-8-3-9-15-25)29(40-19-24-12-6-2-7-13-24)27(42-33)21-39-18-23-10-4-1-5-11-23/h1-15,17,22,27,29-30,33H,18-21H2,(H2,35,36,37)/t27-,29+,30-,33+/m1/s1. The molecule has 5 aromatic rings. The molecule has 0 aliphatic carbocycles. The molecule has 0 radical (unpaired) electrons. The minimum atomic E-state index is -0.668. The molecule has 2 N–H and O–H groups in total. The highest BCUT2D eigenvalue weighted by Crippen LogP contribution is 2.38. The van der Waals surface area contributed by atoms with Crippen molar-refractivity contribution in [1.82, 2.24) is 14.5 Å². The molecule has 4 atom stereocenters. The minimum absolute atomic E-state index is 0.231. The number of benzene rings is 3. The third-order valence-electron chi connectivity index (χ3n) is 7.28. The molecule has 0 unspecified atom stereocenters. The lowest BCUT2D eigenvalue weighted by Crippen LogP contribution is -2.38. The van der Waals surface area contributed by atoms with E-state index < -0.39 is 24.5 Å². The largest absolute Gasteiger partial charge is 0.383 e. The average Bonchev–Trinajstić information content (AvgIpc) is 3.59. The summed E-state index contributed by atoms with van der Waals surface area (Å²) in [6.45, 7) is 1.42. The highest BCUT2D eigenvalue weighted by Gasteiger charge is 2.48. The number of aromatic nitrogens is 3.